The zero-order valence-electron chi connectivity index (χ0n) is 14.1. The summed E-state index contributed by atoms with van der Waals surface area (Å²) in [5.74, 6) is -1.05. The Morgan fingerprint density at radius 2 is 2.00 bits per heavy atom. The predicted octanol–water partition coefficient (Wildman–Crippen LogP) is 2.34. The standard InChI is InChI=1S/C17H26N2O4/c1-4-6-7-9-12-17(3,16(21)23-5-2)18-15(20)14-11-8-10-13-19(14)22/h8,10-11,13H,4-7,9,12H2,1-3H3,(H,18,20)/t17-/m0/s1. The molecule has 1 amide bonds. The first-order valence-corrected chi connectivity index (χ1v) is 8.12. The third-order valence-corrected chi connectivity index (χ3v) is 3.70. The Bertz CT molecular complexity index is 533. The first-order chi connectivity index (χ1) is 10.9. The monoisotopic (exact) mass is 322 g/mol. The van der Waals surface area contributed by atoms with Crippen molar-refractivity contribution in [2.24, 2.45) is 0 Å². The van der Waals surface area contributed by atoms with E-state index in [-0.39, 0.29) is 12.3 Å². The number of carbonyl (C=O) groups excluding carboxylic acids is 2. The number of aromatic nitrogens is 1. The zero-order valence-corrected chi connectivity index (χ0v) is 14.1. The molecule has 1 N–H and O–H groups in total. The molecule has 0 aromatic carbocycles. The van der Waals surface area contributed by atoms with Gasteiger partial charge in [-0.15, -0.1) is 0 Å². The Hall–Kier alpha value is -2.11. The molecule has 1 rings (SSSR count). The van der Waals surface area contributed by atoms with Crippen LogP contribution in [0.1, 0.15) is 63.4 Å². The number of nitrogens with zero attached hydrogens (tertiary/aromatic N) is 1. The Morgan fingerprint density at radius 1 is 1.26 bits per heavy atom. The van der Waals surface area contributed by atoms with E-state index in [1.807, 2.05) is 0 Å². The molecule has 1 atom stereocenters. The fourth-order valence-electron chi connectivity index (χ4n) is 2.33. The number of ether oxygens (including phenoxy) is 1. The normalized spacial score (nSPS) is 13.2. The van der Waals surface area contributed by atoms with Gasteiger partial charge in [0.15, 0.2) is 6.20 Å². The van der Waals surface area contributed by atoms with Gasteiger partial charge in [-0.2, -0.15) is 4.73 Å². The van der Waals surface area contributed by atoms with Crippen LogP contribution in [0.4, 0.5) is 0 Å². The summed E-state index contributed by atoms with van der Waals surface area (Å²) in [5.41, 5.74) is -1.18. The molecule has 0 aliphatic carbocycles. The van der Waals surface area contributed by atoms with Crippen LogP contribution >= 0.6 is 0 Å². The molecular weight excluding hydrogens is 296 g/mol. The molecule has 0 aliphatic heterocycles. The van der Waals surface area contributed by atoms with Gasteiger partial charge in [0.25, 0.3) is 5.69 Å². The molecule has 1 aromatic rings. The summed E-state index contributed by atoms with van der Waals surface area (Å²) in [4.78, 5) is 24.6. The Labute approximate surface area is 137 Å². The average Bonchev–Trinajstić information content (AvgIpc) is 2.52. The largest absolute Gasteiger partial charge is 0.618 e. The molecule has 0 fully saturated rings. The van der Waals surface area contributed by atoms with E-state index in [0.29, 0.717) is 11.2 Å². The number of hydrogen-bond donors (Lipinski definition) is 1. The summed E-state index contributed by atoms with van der Waals surface area (Å²) in [6.07, 6.45) is 5.67. The summed E-state index contributed by atoms with van der Waals surface area (Å²) in [5, 5.41) is 14.4. The van der Waals surface area contributed by atoms with Gasteiger partial charge in [0.05, 0.1) is 6.61 Å². The van der Waals surface area contributed by atoms with E-state index in [1.54, 1.807) is 26.0 Å². The van der Waals surface area contributed by atoms with E-state index in [2.05, 4.69) is 12.2 Å². The maximum absolute atomic E-state index is 12.3. The second-order valence-electron chi connectivity index (χ2n) is 5.73. The lowest BCUT2D eigenvalue weighted by atomic mass is 9.93. The summed E-state index contributed by atoms with van der Waals surface area (Å²) in [6, 6.07) is 4.57. The van der Waals surface area contributed by atoms with E-state index in [0.717, 1.165) is 25.7 Å². The first-order valence-electron chi connectivity index (χ1n) is 8.12. The van der Waals surface area contributed by atoms with Crippen molar-refractivity contribution in [1.82, 2.24) is 5.32 Å². The van der Waals surface area contributed by atoms with Gasteiger partial charge in [-0.1, -0.05) is 32.6 Å². The molecule has 1 aromatic heterocycles. The van der Waals surface area contributed by atoms with E-state index < -0.39 is 17.4 Å². The zero-order chi connectivity index (χ0) is 17.3. The number of nitrogens with one attached hydrogen (secondary N) is 1. The highest BCUT2D eigenvalue weighted by Crippen LogP contribution is 2.18. The van der Waals surface area contributed by atoms with Crippen molar-refractivity contribution in [1.29, 1.82) is 0 Å². The molecule has 6 nitrogen and oxygen atoms in total. The topological polar surface area (TPSA) is 82.3 Å². The molecule has 0 saturated heterocycles. The molecule has 0 unspecified atom stereocenters. The van der Waals surface area contributed by atoms with Gasteiger partial charge in [0.2, 0.25) is 0 Å². The van der Waals surface area contributed by atoms with Crippen LogP contribution in [-0.4, -0.2) is 24.0 Å². The van der Waals surface area contributed by atoms with Gasteiger partial charge in [-0.25, -0.2) is 4.79 Å². The van der Waals surface area contributed by atoms with E-state index in [4.69, 9.17) is 4.74 Å². The van der Waals surface area contributed by atoms with Gasteiger partial charge in [0, 0.05) is 12.1 Å². The third-order valence-electron chi connectivity index (χ3n) is 3.70. The molecule has 1 heterocycles. The maximum Gasteiger partial charge on any atom is 0.331 e. The number of esters is 1. The van der Waals surface area contributed by atoms with Crippen LogP contribution in [0.3, 0.4) is 0 Å². The summed E-state index contributed by atoms with van der Waals surface area (Å²) < 4.78 is 5.58. The highest BCUT2D eigenvalue weighted by atomic mass is 16.5. The molecule has 0 saturated carbocycles. The van der Waals surface area contributed by atoms with Crippen LogP contribution in [0.15, 0.2) is 24.4 Å². The van der Waals surface area contributed by atoms with Crippen molar-refractivity contribution in [2.45, 2.75) is 58.4 Å². The molecule has 128 valence electrons. The minimum Gasteiger partial charge on any atom is -0.618 e. The van der Waals surface area contributed by atoms with Crippen molar-refractivity contribution in [3.63, 3.8) is 0 Å². The fourth-order valence-corrected chi connectivity index (χ4v) is 2.33. The molecule has 0 spiro atoms. The van der Waals surface area contributed by atoms with Crippen LogP contribution in [0.5, 0.6) is 0 Å². The van der Waals surface area contributed by atoms with Crippen LogP contribution < -0.4 is 10.0 Å². The molecule has 0 radical (unpaired) electrons. The van der Waals surface area contributed by atoms with Gasteiger partial charge in [-0.3, -0.25) is 4.79 Å². The SMILES string of the molecule is CCCCCC[C@](C)(NC(=O)c1cccc[n+]1[O-])C(=O)OCC. The molecule has 0 bridgehead atoms. The van der Waals surface area contributed by atoms with Crippen molar-refractivity contribution >= 4 is 11.9 Å². The summed E-state index contributed by atoms with van der Waals surface area (Å²) in [7, 11) is 0. The van der Waals surface area contributed by atoms with E-state index >= 15 is 0 Å². The minimum atomic E-state index is -1.14. The van der Waals surface area contributed by atoms with Crippen molar-refractivity contribution in [3.8, 4) is 0 Å². The van der Waals surface area contributed by atoms with Gasteiger partial charge in [0.1, 0.15) is 5.54 Å². The Morgan fingerprint density at radius 3 is 2.61 bits per heavy atom. The molecule has 23 heavy (non-hydrogen) atoms. The highest BCUT2D eigenvalue weighted by Gasteiger charge is 2.37. The lowest BCUT2D eigenvalue weighted by Crippen LogP contribution is -2.55. The fraction of sp³-hybridized carbons (Fsp3) is 0.588. The van der Waals surface area contributed by atoms with Gasteiger partial charge < -0.3 is 15.3 Å². The maximum atomic E-state index is 12.3. The number of hydrogen-bond acceptors (Lipinski definition) is 4. The van der Waals surface area contributed by atoms with Crippen molar-refractivity contribution in [3.05, 3.63) is 35.3 Å². The first kappa shape index (κ1) is 18.9. The quantitative estimate of drug-likeness (QED) is 0.327. The van der Waals surface area contributed by atoms with Crippen LogP contribution in [0.25, 0.3) is 0 Å². The van der Waals surface area contributed by atoms with Gasteiger partial charge in [-0.05, 0) is 26.3 Å². The summed E-state index contributed by atoms with van der Waals surface area (Å²) >= 11 is 0. The second kappa shape index (κ2) is 9.12. The number of rotatable bonds is 9. The number of carbonyl (C=O) groups is 2. The Balaban J connectivity index is 2.85. The third kappa shape index (κ3) is 5.54. The average molecular weight is 322 g/mol. The molecule has 6 heteroatoms. The van der Waals surface area contributed by atoms with Crippen LogP contribution in [0, 0.1) is 5.21 Å². The minimum absolute atomic E-state index is 0.0448. The number of amides is 1. The smallest absolute Gasteiger partial charge is 0.331 e. The predicted molar refractivity (Wildman–Crippen MR) is 86.7 cm³/mol. The molecular formula is C17H26N2O4. The van der Waals surface area contributed by atoms with Crippen LogP contribution in [-0.2, 0) is 9.53 Å². The second-order valence-corrected chi connectivity index (χ2v) is 5.73. The van der Waals surface area contributed by atoms with E-state index in [1.165, 1.54) is 12.3 Å². The van der Waals surface area contributed by atoms with Crippen LogP contribution in [0.2, 0.25) is 0 Å². The lowest BCUT2D eigenvalue weighted by molar-refractivity contribution is -0.607. The Kier molecular flexibility index (Phi) is 7.51. The van der Waals surface area contributed by atoms with E-state index in [9.17, 15) is 14.8 Å². The highest BCUT2D eigenvalue weighted by molar-refractivity contribution is 5.95. The number of unbranched alkanes of at least 4 members (excludes halogenated alkanes) is 3. The van der Waals surface area contributed by atoms with Crippen molar-refractivity contribution in [2.75, 3.05) is 6.61 Å². The molecule has 0 aliphatic rings. The van der Waals surface area contributed by atoms with Gasteiger partial charge >= 0.3 is 11.9 Å². The number of pyridine rings is 1. The summed E-state index contributed by atoms with van der Waals surface area (Å²) in [6.45, 7) is 5.72. The lowest BCUT2D eigenvalue weighted by Gasteiger charge is -2.28. The van der Waals surface area contributed by atoms with Crippen molar-refractivity contribution < 1.29 is 19.1 Å².